The second-order valence-electron chi connectivity index (χ2n) is 7.37. The van der Waals surface area contributed by atoms with Crippen LogP contribution in [0.3, 0.4) is 0 Å². The number of nitrogens with two attached hydrogens (primary N) is 1. The van der Waals surface area contributed by atoms with Gasteiger partial charge in [-0.25, -0.2) is 0 Å². The molecule has 0 radical (unpaired) electrons. The molecular weight excluding hydrogens is 467 g/mol. The molecule has 0 bridgehead atoms. The summed E-state index contributed by atoms with van der Waals surface area (Å²) in [6.07, 6.45) is 4.80. The van der Waals surface area contributed by atoms with Crippen molar-refractivity contribution in [2.45, 2.75) is 23.7 Å². The summed E-state index contributed by atoms with van der Waals surface area (Å²) in [5, 5.41) is 9.49. The van der Waals surface area contributed by atoms with E-state index in [1.165, 1.54) is 11.8 Å². The summed E-state index contributed by atoms with van der Waals surface area (Å²) >= 11 is 15.3. The van der Waals surface area contributed by atoms with Crippen molar-refractivity contribution in [2.24, 2.45) is 11.7 Å². The molecule has 1 fully saturated rings. The lowest BCUT2D eigenvalue weighted by Crippen LogP contribution is -2.49. The Morgan fingerprint density at radius 1 is 1.43 bits per heavy atom. The van der Waals surface area contributed by atoms with Gasteiger partial charge in [-0.05, 0) is 23.8 Å². The van der Waals surface area contributed by atoms with Gasteiger partial charge in [-0.1, -0.05) is 41.0 Å². The highest BCUT2D eigenvalue weighted by Gasteiger charge is 2.25. The van der Waals surface area contributed by atoms with Crippen LogP contribution >= 0.6 is 46.7 Å². The molecule has 166 valence electrons. The molecule has 2 aliphatic heterocycles. The zero-order valence-electron chi connectivity index (χ0n) is 16.4. The molecule has 0 aromatic heterocycles. The number of morpholine rings is 1. The van der Waals surface area contributed by atoms with Gasteiger partial charge in [-0.3, -0.25) is 14.5 Å². The summed E-state index contributed by atoms with van der Waals surface area (Å²) in [6, 6.07) is 0. The molecule has 3 rings (SSSR count). The number of hydrogen-bond acceptors (Lipinski definition) is 7. The Morgan fingerprint density at radius 2 is 2.27 bits per heavy atom. The lowest BCUT2D eigenvalue weighted by atomic mass is 9.99. The molecule has 3 aliphatic rings. The van der Waals surface area contributed by atoms with E-state index in [1.54, 1.807) is 17.8 Å². The molecule has 2 amide bonds. The van der Waals surface area contributed by atoms with Crippen molar-refractivity contribution in [3.05, 3.63) is 33.3 Å². The molecule has 2 unspecified atom stereocenters. The van der Waals surface area contributed by atoms with Crippen molar-refractivity contribution in [1.29, 1.82) is 0 Å². The second kappa shape index (κ2) is 11.7. The van der Waals surface area contributed by atoms with Crippen molar-refractivity contribution in [2.75, 3.05) is 38.5 Å². The average molecular weight is 493 g/mol. The van der Waals surface area contributed by atoms with E-state index in [0.717, 1.165) is 36.8 Å². The van der Waals surface area contributed by atoms with Crippen LogP contribution in [-0.2, 0) is 14.3 Å². The van der Waals surface area contributed by atoms with Crippen molar-refractivity contribution in [3.63, 3.8) is 0 Å². The molecule has 0 spiro atoms. The van der Waals surface area contributed by atoms with Crippen LogP contribution in [0.2, 0.25) is 0 Å². The minimum absolute atomic E-state index is 0.0165. The first kappa shape index (κ1) is 23.8. The topological polar surface area (TPSA) is 96.7 Å². The standard InChI is InChI=1S/C19H26Cl2N4O3S2/c20-13-3-12(4-14(21)5-13)8-25-1-2-28-16(9-25)7-23-18(27)11-30-19-24-15(10-29-19)6-17(22)26/h3,5,10,12,16,19,24H,1-2,4,6-9,11H2,(H2,22,26)(H,23,27)/t12?,16-,19?/m0/s1. The highest BCUT2D eigenvalue weighted by Crippen LogP contribution is 2.30. The van der Waals surface area contributed by atoms with Gasteiger partial charge in [0.05, 0.1) is 24.9 Å². The number of halogens is 2. The summed E-state index contributed by atoms with van der Waals surface area (Å²) in [7, 11) is 0. The third-order valence-corrected chi connectivity index (χ3v) is 7.63. The van der Waals surface area contributed by atoms with E-state index in [-0.39, 0.29) is 29.0 Å². The van der Waals surface area contributed by atoms with Crippen LogP contribution in [0.25, 0.3) is 0 Å². The zero-order chi connectivity index (χ0) is 21.5. The van der Waals surface area contributed by atoms with Crippen LogP contribution in [0.4, 0.5) is 0 Å². The van der Waals surface area contributed by atoms with Gasteiger partial charge < -0.3 is 21.1 Å². The van der Waals surface area contributed by atoms with E-state index < -0.39 is 0 Å². The molecule has 7 nitrogen and oxygen atoms in total. The first-order valence-electron chi connectivity index (χ1n) is 9.72. The van der Waals surface area contributed by atoms with Gasteiger partial charge in [0.1, 0.15) is 4.71 Å². The summed E-state index contributed by atoms with van der Waals surface area (Å²) in [5.74, 6) is 0.214. The number of amides is 2. The molecule has 1 aliphatic carbocycles. The Bertz CT molecular complexity index is 747. The van der Waals surface area contributed by atoms with Gasteiger partial charge in [0, 0.05) is 41.9 Å². The molecule has 3 atom stereocenters. The fraction of sp³-hybridized carbons (Fsp3) is 0.579. The molecule has 1 saturated heterocycles. The van der Waals surface area contributed by atoms with Crippen molar-refractivity contribution in [3.8, 4) is 0 Å². The Kier molecular flexibility index (Phi) is 9.28. The van der Waals surface area contributed by atoms with Crippen LogP contribution in [0.5, 0.6) is 0 Å². The lowest BCUT2D eigenvalue weighted by molar-refractivity contribution is -0.120. The maximum Gasteiger partial charge on any atom is 0.230 e. The minimum Gasteiger partial charge on any atom is -0.374 e. The Balaban J connectivity index is 1.32. The predicted octanol–water partition coefficient (Wildman–Crippen LogP) is 2.14. The number of nitrogens with one attached hydrogen (secondary N) is 2. The van der Waals surface area contributed by atoms with Gasteiger partial charge in [0.15, 0.2) is 0 Å². The number of ether oxygens (including phenoxy) is 1. The highest BCUT2D eigenvalue weighted by atomic mass is 35.5. The molecule has 0 aromatic carbocycles. The van der Waals surface area contributed by atoms with E-state index in [9.17, 15) is 9.59 Å². The smallest absolute Gasteiger partial charge is 0.230 e. The average Bonchev–Trinajstić information content (AvgIpc) is 3.11. The maximum absolute atomic E-state index is 12.2. The summed E-state index contributed by atoms with van der Waals surface area (Å²) in [5.41, 5.74) is 5.99. The van der Waals surface area contributed by atoms with E-state index >= 15 is 0 Å². The number of primary amides is 1. The van der Waals surface area contributed by atoms with Gasteiger partial charge in [-0.2, -0.15) is 0 Å². The van der Waals surface area contributed by atoms with Crippen LogP contribution in [0.15, 0.2) is 33.3 Å². The number of carbonyl (C=O) groups is 2. The van der Waals surface area contributed by atoms with Gasteiger partial charge >= 0.3 is 0 Å². The van der Waals surface area contributed by atoms with Gasteiger partial charge in [0.25, 0.3) is 0 Å². The molecule has 11 heteroatoms. The minimum atomic E-state index is -0.374. The first-order chi connectivity index (χ1) is 14.4. The van der Waals surface area contributed by atoms with E-state index in [0.29, 0.717) is 29.9 Å². The third kappa shape index (κ3) is 8.01. The van der Waals surface area contributed by atoms with Crippen LogP contribution < -0.4 is 16.4 Å². The molecule has 2 heterocycles. The summed E-state index contributed by atoms with van der Waals surface area (Å²) in [6.45, 7) is 3.61. The SMILES string of the molecule is NC(=O)CC1=CSC(SCC(=O)NC[C@H]2CN(CC3C=C(Cl)C=C(Cl)C3)CCO2)N1. The summed E-state index contributed by atoms with van der Waals surface area (Å²) < 4.78 is 5.82. The Hall–Kier alpha value is -0.840. The number of carbonyl (C=O) groups excluding carboxylic acids is 2. The van der Waals surface area contributed by atoms with Gasteiger partial charge in [0.2, 0.25) is 11.8 Å². The third-order valence-electron chi connectivity index (χ3n) is 4.76. The van der Waals surface area contributed by atoms with E-state index in [1.807, 2.05) is 5.41 Å². The van der Waals surface area contributed by atoms with Crippen molar-refractivity contribution in [1.82, 2.24) is 15.5 Å². The van der Waals surface area contributed by atoms with Crippen LogP contribution in [-0.4, -0.2) is 66.1 Å². The quantitative estimate of drug-likeness (QED) is 0.453. The lowest BCUT2D eigenvalue weighted by Gasteiger charge is -2.35. The summed E-state index contributed by atoms with van der Waals surface area (Å²) in [4.78, 5) is 25.5. The second-order valence-corrected chi connectivity index (χ2v) is 10.7. The fourth-order valence-electron chi connectivity index (χ4n) is 3.46. The molecule has 4 N–H and O–H groups in total. The molecule has 0 saturated carbocycles. The molecular formula is C19H26Cl2N4O3S2. The predicted molar refractivity (Wildman–Crippen MR) is 124 cm³/mol. The fourth-order valence-corrected chi connectivity index (χ4v) is 6.13. The molecule has 30 heavy (non-hydrogen) atoms. The number of thioether (sulfide) groups is 2. The van der Waals surface area contributed by atoms with E-state index in [2.05, 4.69) is 21.6 Å². The number of hydrogen-bond donors (Lipinski definition) is 3. The molecule has 0 aromatic rings. The van der Waals surface area contributed by atoms with Crippen molar-refractivity contribution < 1.29 is 14.3 Å². The van der Waals surface area contributed by atoms with Crippen LogP contribution in [0.1, 0.15) is 12.8 Å². The van der Waals surface area contributed by atoms with Crippen molar-refractivity contribution >= 4 is 58.5 Å². The maximum atomic E-state index is 12.2. The van der Waals surface area contributed by atoms with Gasteiger partial charge in [-0.15, -0.1) is 11.8 Å². The Morgan fingerprint density at radius 3 is 3.03 bits per heavy atom. The monoisotopic (exact) mass is 492 g/mol. The van der Waals surface area contributed by atoms with E-state index in [4.69, 9.17) is 33.7 Å². The van der Waals surface area contributed by atoms with Crippen LogP contribution in [0, 0.1) is 5.92 Å². The zero-order valence-corrected chi connectivity index (χ0v) is 19.6. The number of nitrogens with zero attached hydrogens (tertiary/aromatic N) is 1. The Labute approximate surface area is 195 Å². The number of allylic oxidation sites excluding steroid dienone is 3. The normalized spacial score (nSPS) is 27.0. The highest BCUT2D eigenvalue weighted by molar-refractivity contribution is 8.18. The first-order valence-corrected chi connectivity index (χ1v) is 12.5. The number of rotatable bonds is 9. The largest absolute Gasteiger partial charge is 0.374 e.